The lowest BCUT2D eigenvalue weighted by atomic mass is 9.83. The van der Waals surface area contributed by atoms with Crippen LogP contribution in [0.5, 0.6) is 0 Å². The molecule has 0 aromatic carbocycles. The number of aromatic nitrogens is 1. The van der Waals surface area contributed by atoms with E-state index in [9.17, 15) is 9.00 Å². The molecule has 2 aliphatic rings. The molecule has 1 aliphatic carbocycles. The van der Waals surface area contributed by atoms with Crippen molar-refractivity contribution in [1.29, 1.82) is 0 Å². The van der Waals surface area contributed by atoms with Gasteiger partial charge >= 0.3 is 0 Å². The molecule has 0 radical (unpaired) electrons. The van der Waals surface area contributed by atoms with Gasteiger partial charge in [0.2, 0.25) is 11.8 Å². The SMILES string of the molecule is CCC(C)S(=O)C(C)(C)C(=O)Nc1cc(C2(COC3CCCCO3)CCCC2)no1. The van der Waals surface area contributed by atoms with Crippen molar-refractivity contribution in [3.05, 3.63) is 11.8 Å². The molecule has 30 heavy (non-hydrogen) atoms. The predicted molar refractivity (Wildman–Crippen MR) is 117 cm³/mol. The standard InChI is InChI=1S/C22H36N2O5S/c1-5-16(2)30(26)21(3,4)20(25)23-18-14-17(24-29-18)22(11-7-8-12-22)15-28-19-10-6-9-13-27-19/h14,16,19H,5-13,15H2,1-4H3,(H,23,25). The van der Waals surface area contributed by atoms with E-state index in [1.54, 1.807) is 19.9 Å². The summed E-state index contributed by atoms with van der Waals surface area (Å²) >= 11 is 0. The summed E-state index contributed by atoms with van der Waals surface area (Å²) in [5.74, 6) is -0.0272. The van der Waals surface area contributed by atoms with Gasteiger partial charge in [-0.1, -0.05) is 31.8 Å². The van der Waals surface area contributed by atoms with E-state index in [-0.39, 0.29) is 22.9 Å². The van der Waals surface area contributed by atoms with Crippen LogP contribution >= 0.6 is 0 Å². The van der Waals surface area contributed by atoms with Gasteiger partial charge in [-0.15, -0.1) is 0 Å². The molecule has 0 spiro atoms. The summed E-state index contributed by atoms with van der Waals surface area (Å²) in [6.45, 7) is 8.59. The lowest BCUT2D eigenvalue weighted by molar-refractivity contribution is -0.172. The molecule has 3 unspecified atom stereocenters. The third-order valence-corrected chi connectivity index (χ3v) is 8.78. The van der Waals surface area contributed by atoms with Crippen molar-refractivity contribution in [2.45, 2.75) is 101 Å². The van der Waals surface area contributed by atoms with Crippen LogP contribution in [0.2, 0.25) is 0 Å². The van der Waals surface area contributed by atoms with Crippen molar-refractivity contribution in [3.63, 3.8) is 0 Å². The summed E-state index contributed by atoms with van der Waals surface area (Å²) in [7, 11) is -1.30. The second-order valence-electron chi connectivity index (χ2n) is 9.15. The van der Waals surface area contributed by atoms with Crippen molar-refractivity contribution in [2.75, 3.05) is 18.5 Å². The number of nitrogens with zero attached hydrogens (tertiary/aromatic N) is 1. The highest BCUT2D eigenvalue weighted by Crippen LogP contribution is 2.42. The number of carbonyl (C=O) groups is 1. The summed E-state index contributed by atoms with van der Waals surface area (Å²) in [5, 5.41) is 7.00. The lowest BCUT2D eigenvalue weighted by Crippen LogP contribution is -2.44. The fourth-order valence-electron chi connectivity index (χ4n) is 4.21. The Morgan fingerprint density at radius 1 is 1.37 bits per heavy atom. The van der Waals surface area contributed by atoms with E-state index < -0.39 is 15.5 Å². The molecule has 1 amide bonds. The Balaban J connectivity index is 1.67. The maximum Gasteiger partial charge on any atom is 0.245 e. The predicted octanol–water partition coefficient (Wildman–Crippen LogP) is 4.29. The molecule has 3 rings (SSSR count). The molecular weight excluding hydrogens is 404 g/mol. The third kappa shape index (κ3) is 5.14. The van der Waals surface area contributed by atoms with Crippen LogP contribution < -0.4 is 5.32 Å². The Morgan fingerprint density at radius 3 is 2.73 bits per heavy atom. The molecule has 170 valence electrons. The van der Waals surface area contributed by atoms with Crippen LogP contribution in [0.15, 0.2) is 10.6 Å². The summed E-state index contributed by atoms with van der Waals surface area (Å²) in [5.41, 5.74) is 0.606. The Kier molecular flexibility index (Phi) is 7.74. The number of hydrogen-bond donors (Lipinski definition) is 1. The van der Waals surface area contributed by atoms with E-state index in [1.807, 2.05) is 13.8 Å². The molecule has 1 saturated heterocycles. The quantitative estimate of drug-likeness (QED) is 0.616. The molecule has 1 aromatic rings. The second-order valence-corrected chi connectivity index (χ2v) is 11.6. The van der Waals surface area contributed by atoms with E-state index >= 15 is 0 Å². The maximum atomic E-state index is 12.8. The zero-order chi connectivity index (χ0) is 21.8. The van der Waals surface area contributed by atoms with Gasteiger partial charge in [0.15, 0.2) is 6.29 Å². The molecule has 1 aliphatic heterocycles. The molecule has 1 aromatic heterocycles. The summed E-state index contributed by atoms with van der Waals surface area (Å²) in [4.78, 5) is 12.8. The van der Waals surface area contributed by atoms with E-state index in [0.29, 0.717) is 12.5 Å². The first-order valence-electron chi connectivity index (χ1n) is 11.2. The second kappa shape index (κ2) is 9.92. The Morgan fingerprint density at radius 2 is 2.10 bits per heavy atom. The highest BCUT2D eigenvalue weighted by atomic mass is 32.2. The average Bonchev–Trinajstić information content (AvgIpc) is 3.42. The third-order valence-electron chi connectivity index (χ3n) is 6.52. The number of rotatable bonds is 9. The average molecular weight is 441 g/mol. The van der Waals surface area contributed by atoms with E-state index in [4.69, 9.17) is 14.0 Å². The fourth-order valence-corrected chi connectivity index (χ4v) is 5.76. The molecule has 2 fully saturated rings. The molecule has 1 saturated carbocycles. The minimum absolute atomic E-state index is 0.0584. The van der Waals surface area contributed by atoms with Crippen LogP contribution in [0.25, 0.3) is 0 Å². The Hall–Kier alpha value is -1.25. The van der Waals surface area contributed by atoms with Crippen molar-refractivity contribution < 1.29 is 23.0 Å². The minimum Gasteiger partial charge on any atom is -0.353 e. The number of amides is 1. The first-order chi connectivity index (χ1) is 14.3. The molecular formula is C22H36N2O5S. The highest BCUT2D eigenvalue weighted by Gasteiger charge is 2.41. The van der Waals surface area contributed by atoms with Crippen LogP contribution in [-0.4, -0.2) is 44.8 Å². The van der Waals surface area contributed by atoms with Gasteiger partial charge in [-0.05, 0) is 52.4 Å². The zero-order valence-corrected chi connectivity index (χ0v) is 19.5. The topological polar surface area (TPSA) is 90.7 Å². The largest absolute Gasteiger partial charge is 0.353 e. The van der Waals surface area contributed by atoms with Gasteiger partial charge in [0, 0.05) is 34.1 Å². The maximum absolute atomic E-state index is 12.8. The normalized spacial score (nSPS) is 23.8. The van der Waals surface area contributed by atoms with Crippen LogP contribution in [0, 0.1) is 0 Å². The van der Waals surface area contributed by atoms with Gasteiger partial charge in [-0.25, -0.2) is 0 Å². The van der Waals surface area contributed by atoms with Crippen LogP contribution in [0.1, 0.15) is 84.8 Å². The van der Waals surface area contributed by atoms with Gasteiger partial charge in [0.05, 0.1) is 12.3 Å². The zero-order valence-electron chi connectivity index (χ0n) is 18.7. The van der Waals surface area contributed by atoms with Gasteiger partial charge in [-0.3, -0.25) is 14.3 Å². The monoisotopic (exact) mass is 440 g/mol. The summed E-state index contributed by atoms with van der Waals surface area (Å²) < 4.78 is 29.0. The first kappa shape index (κ1) is 23.4. The molecule has 7 nitrogen and oxygen atoms in total. The number of nitrogens with one attached hydrogen (secondary N) is 1. The summed E-state index contributed by atoms with van der Waals surface area (Å²) in [6.07, 6.45) is 7.95. The van der Waals surface area contributed by atoms with Gasteiger partial charge in [0.25, 0.3) is 0 Å². The number of anilines is 1. The molecule has 1 N–H and O–H groups in total. The first-order valence-corrected chi connectivity index (χ1v) is 12.4. The van der Waals surface area contributed by atoms with Gasteiger partial charge in [0.1, 0.15) is 4.75 Å². The number of carbonyl (C=O) groups excluding carboxylic acids is 1. The van der Waals surface area contributed by atoms with Crippen molar-refractivity contribution in [3.8, 4) is 0 Å². The Labute approximate surface area is 182 Å². The Bertz CT molecular complexity index is 736. The van der Waals surface area contributed by atoms with Gasteiger partial charge < -0.3 is 14.0 Å². The number of ether oxygens (including phenoxy) is 2. The molecule has 2 heterocycles. The van der Waals surface area contributed by atoms with E-state index in [1.165, 1.54) is 0 Å². The van der Waals surface area contributed by atoms with Gasteiger partial charge in [-0.2, -0.15) is 0 Å². The van der Waals surface area contributed by atoms with Crippen LogP contribution in [0.3, 0.4) is 0 Å². The molecule has 8 heteroatoms. The van der Waals surface area contributed by atoms with E-state index in [0.717, 1.165) is 63.7 Å². The van der Waals surface area contributed by atoms with Crippen LogP contribution in [0.4, 0.5) is 5.88 Å². The van der Waals surface area contributed by atoms with Crippen molar-refractivity contribution in [1.82, 2.24) is 5.16 Å². The fraction of sp³-hybridized carbons (Fsp3) is 0.818. The highest BCUT2D eigenvalue weighted by molar-refractivity contribution is 7.87. The smallest absolute Gasteiger partial charge is 0.245 e. The lowest BCUT2D eigenvalue weighted by Gasteiger charge is -2.30. The minimum atomic E-state index is -1.30. The summed E-state index contributed by atoms with van der Waals surface area (Å²) in [6, 6.07) is 1.80. The van der Waals surface area contributed by atoms with Crippen LogP contribution in [-0.2, 0) is 30.5 Å². The molecule has 0 bridgehead atoms. The number of hydrogen-bond acceptors (Lipinski definition) is 6. The van der Waals surface area contributed by atoms with E-state index in [2.05, 4.69) is 10.5 Å². The van der Waals surface area contributed by atoms with Crippen molar-refractivity contribution in [2.24, 2.45) is 0 Å². The molecule has 3 atom stereocenters. The van der Waals surface area contributed by atoms with Crippen molar-refractivity contribution >= 4 is 22.6 Å².